The maximum atomic E-state index is 13.5. The second-order valence-corrected chi connectivity index (χ2v) is 8.59. The van der Waals surface area contributed by atoms with Crippen LogP contribution in [0.1, 0.15) is 31.2 Å². The fourth-order valence-corrected chi connectivity index (χ4v) is 4.47. The van der Waals surface area contributed by atoms with Crippen molar-refractivity contribution in [1.29, 1.82) is 0 Å². The van der Waals surface area contributed by atoms with Crippen LogP contribution in [0.4, 0.5) is 17.5 Å². The van der Waals surface area contributed by atoms with Crippen molar-refractivity contribution in [1.82, 2.24) is 9.97 Å². The van der Waals surface area contributed by atoms with Gasteiger partial charge in [0.25, 0.3) is 0 Å². The van der Waals surface area contributed by atoms with Gasteiger partial charge in [-0.05, 0) is 30.5 Å². The third-order valence-corrected chi connectivity index (χ3v) is 6.26. The van der Waals surface area contributed by atoms with Gasteiger partial charge in [0.05, 0.1) is 24.8 Å². The van der Waals surface area contributed by atoms with Crippen molar-refractivity contribution in [3.05, 3.63) is 41.0 Å². The van der Waals surface area contributed by atoms with Gasteiger partial charge in [0.2, 0.25) is 11.9 Å². The summed E-state index contributed by atoms with van der Waals surface area (Å²) < 4.78 is 5.42. The lowest BCUT2D eigenvalue weighted by Crippen LogP contribution is -2.39. The highest BCUT2D eigenvalue weighted by molar-refractivity contribution is 6.30. The average molecular weight is 430 g/mol. The molecule has 1 saturated carbocycles. The first-order valence-corrected chi connectivity index (χ1v) is 10.8. The minimum atomic E-state index is -0.545. The van der Waals surface area contributed by atoms with Crippen LogP contribution < -0.4 is 15.1 Å². The Morgan fingerprint density at radius 3 is 2.47 bits per heavy atom. The van der Waals surface area contributed by atoms with Gasteiger partial charge in [-0.3, -0.25) is 4.79 Å². The van der Waals surface area contributed by atoms with Crippen LogP contribution in [0.5, 0.6) is 0 Å². The van der Waals surface area contributed by atoms with Gasteiger partial charge in [0.15, 0.2) is 5.82 Å². The Balaban J connectivity index is 1.61. The van der Waals surface area contributed by atoms with Crippen LogP contribution in [-0.4, -0.2) is 56.3 Å². The fraction of sp³-hybridized carbons (Fsp3) is 0.500. The molecular weight excluding hydrogens is 402 g/mol. The smallest absolute Gasteiger partial charge is 0.235 e. The van der Waals surface area contributed by atoms with E-state index >= 15 is 0 Å². The highest BCUT2D eigenvalue weighted by Gasteiger charge is 2.43. The van der Waals surface area contributed by atoms with Crippen molar-refractivity contribution in [2.75, 3.05) is 55.5 Å². The Bertz CT molecular complexity index is 891. The van der Waals surface area contributed by atoms with Gasteiger partial charge in [-0.25, -0.2) is 4.98 Å². The third kappa shape index (κ3) is 4.09. The van der Waals surface area contributed by atoms with E-state index in [0.29, 0.717) is 35.7 Å². The van der Waals surface area contributed by atoms with Gasteiger partial charge < -0.3 is 19.9 Å². The number of carbonyl (C=O) groups excluding carboxylic acids is 1. The maximum Gasteiger partial charge on any atom is 0.235 e. The summed E-state index contributed by atoms with van der Waals surface area (Å²) in [6, 6.07) is 7.65. The van der Waals surface area contributed by atoms with Crippen LogP contribution in [0, 0.1) is 0 Å². The fourth-order valence-electron chi connectivity index (χ4n) is 4.34. The summed E-state index contributed by atoms with van der Waals surface area (Å²) >= 11 is 6.07. The number of nitrogens with one attached hydrogen (secondary N) is 1. The summed E-state index contributed by atoms with van der Waals surface area (Å²) in [4.78, 5) is 26.8. The molecule has 2 aromatic rings. The molecule has 160 valence electrons. The Morgan fingerprint density at radius 2 is 1.83 bits per heavy atom. The van der Waals surface area contributed by atoms with E-state index < -0.39 is 5.41 Å². The van der Waals surface area contributed by atoms with E-state index in [1.807, 2.05) is 43.3 Å². The molecule has 8 heteroatoms. The van der Waals surface area contributed by atoms with Crippen molar-refractivity contribution in [2.45, 2.75) is 31.1 Å². The number of anilines is 3. The van der Waals surface area contributed by atoms with Crippen molar-refractivity contribution in [3.8, 4) is 0 Å². The van der Waals surface area contributed by atoms with Gasteiger partial charge in [-0.2, -0.15) is 4.98 Å². The number of carbonyl (C=O) groups is 1. The Labute approximate surface area is 182 Å². The minimum absolute atomic E-state index is 0.00635. The van der Waals surface area contributed by atoms with Gasteiger partial charge in [-0.1, -0.05) is 36.6 Å². The van der Waals surface area contributed by atoms with Crippen LogP contribution >= 0.6 is 11.6 Å². The number of morpholine rings is 1. The highest BCUT2D eigenvalue weighted by Crippen LogP contribution is 2.42. The van der Waals surface area contributed by atoms with Crippen molar-refractivity contribution in [3.63, 3.8) is 0 Å². The molecule has 4 rings (SSSR count). The molecule has 1 aliphatic heterocycles. The van der Waals surface area contributed by atoms with Crippen molar-refractivity contribution >= 4 is 35.0 Å². The highest BCUT2D eigenvalue weighted by atomic mass is 35.5. The first-order chi connectivity index (χ1) is 14.5. The molecule has 2 fully saturated rings. The molecule has 30 heavy (non-hydrogen) atoms. The molecule has 0 atom stereocenters. The predicted molar refractivity (Wildman–Crippen MR) is 120 cm³/mol. The number of amides is 1. The SMILES string of the molecule is CN(C)c1nc(N2CCOCC2)ncc1NC(=O)C1(c2ccc(Cl)cc2)CCCC1. The van der Waals surface area contributed by atoms with E-state index in [4.69, 9.17) is 21.3 Å². The van der Waals surface area contributed by atoms with Gasteiger partial charge in [-0.15, -0.1) is 0 Å². The monoisotopic (exact) mass is 429 g/mol. The molecule has 7 nitrogen and oxygen atoms in total. The number of nitrogens with zero attached hydrogens (tertiary/aromatic N) is 4. The molecule has 1 saturated heterocycles. The number of ether oxygens (including phenoxy) is 1. The van der Waals surface area contributed by atoms with Crippen molar-refractivity contribution in [2.24, 2.45) is 0 Å². The van der Waals surface area contributed by atoms with Gasteiger partial charge in [0, 0.05) is 32.2 Å². The first-order valence-electron chi connectivity index (χ1n) is 10.4. The Hall–Kier alpha value is -2.38. The van der Waals surface area contributed by atoms with E-state index in [9.17, 15) is 4.79 Å². The lowest BCUT2D eigenvalue weighted by atomic mass is 9.78. The van der Waals surface area contributed by atoms with Gasteiger partial charge >= 0.3 is 0 Å². The summed E-state index contributed by atoms with van der Waals surface area (Å²) in [7, 11) is 3.84. The quantitative estimate of drug-likeness (QED) is 0.784. The zero-order valence-corrected chi connectivity index (χ0v) is 18.3. The number of aromatic nitrogens is 2. The molecule has 2 heterocycles. The summed E-state index contributed by atoms with van der Waals surface area (Å²) in [5, 5.41) is 3.81. The number of hydrogen-bond acceptors (Lipinski definition) is 6. The lowest BCUT2D eigenvalue weighted by molar-refractivity contribution is -0.121. The standard InChI is InChI=1S/C22H28ClN5O2/c1-27(2)19-18(15-24-21(26-19)28-11-13-30-14-12-28)25-20(29)22(9-3-4-10-22)16-5-7-17(23)8-6-16/h5-8,15H,3-4,9-14H2,1-2H3,(H,25,29). The van der Waals surface area contributed by atoms with Crippen LogP contribution in [0.15, 0.2) is 30.5 Å². The summed E-state index contributed by atoms with van der Waals surface area (Å²) in [6.45, 7) is 2.86. The van der Waals surface area contributed by atoms with Crippen molar-refractivity contribution < 1.29 is 9.53 Å². The molecular formula is C22H28ClN5O2. The third-order valence-electron chi connectivity index (χ3n) is 6.01. The van der Waals surface area contributed by atoms with E-state index in [1.54, 1.807) is 6.20 Å². The predicted octanol–water partition coefficient (Wildman–Crippen LogP) is 3.48. The molecule has 1 aliphatic carbocycles. The number of rotatable bonds is 5. The second kappa shape index (κ2) is 8.78. The maximum absolute atomic E-state index is 13.5. The molecule has 1 amide bonds. The molecule has 1 N–H and O–H groups in total. The summed E-state index contributed by atoms with van der Waals surface area (Å²) in [5.41, 5.74) is 1.10. The number of halogens is 1. The van der Waals surface area contributed by atoms with Crippen LogP contribution in [0.3, 0.4) is 0 Å². The van der Waals surface area contributed by atoms with E-state index in [0.717, 1.165) is 44.3 Å². The zero-order valence-electron chi connectivity index (χ0n) is 17.5. The zero-order chi connectivity index (χ0) is 21.1. The molecule has 1 aromatic carbocycles. The molecule has 0 spiro atoms. The first kappa shape index (κ1) is 20.9. The van der Waals surface area contributed by atoms with Crippen LogP contribution in [0.2, 0.25) is 5.02 Å². The summed E-state index contributed by atoms with van der Waals surface area (Å²) in [6.07, 6.45) is 5.43. The average Bonchev–Trinajstić information content (AvgIpc) is 3.26. The normalized spacial score (nSPS) is 18.3. The minimum Gasteiger partial charge on any atom is -0.378 e. The lowest BCUT2D eigenvalue weighted by Gasteiger charge is -2.30. The number of benzene rings is 1. The molecule has 0 bridgehead atoms. The number of hydrogen-bond donors (Lipinski definition) is 1. The molecule has 1 aromatic heterocycles. The summed E-state index contributed by atoms with van der Waals surface area (Å²) in [5.74, 6) is 1.35. The Morgan fingerprint density at radius 1 is 1.17 bits per heavy atom. The van der Waals surface area contributed by atoms with E-state index in [-0.39, 0.29) is 5.91 Å². The van der Waals surface area contributed by atoms with Crippen LogP contribution in [0.25, 0.3) is 0 Å². The molecule has 0 unspecified atom stereocenters. The van der Waals surface area contributed by atoms with Gasteiger partial charge in [0.1, 0.15) is 5.69 Å². The van der Waals surface area contributed by atoms with E-state index in [1.165, 1.54) is 0 Å². The molecule has 0 radical (unpaired) electrons. The topological polar surface area (TPSA) is 70.6 Å². The molecule has 2 aliphatic rings. The van der Waals surface area contributed by atoms with E-state index in [2.05, 4.69) is 15.2 Å². The largest absolute Gasteiger partial charge is 0.378 e. The Kier molecular flexibility index (Phi) is 6.11. The van der Waals surface area contributed by atoms with Crippen LogP contribution in [-0.2, 0) is 14.9 Å². The second-order valence-electron chi connectivity index (χ2n) is 8.15.